The summed E-state index contributed by atoms with van der Waals surface area (Å²) in [6.45, 7) is 1.94. The van der Waals surface area contributed by atoms with E-state index in [1.165, 1.54) is 0 Å². The Morgan fingerprint density at radius 1 is 1.52 bits per heavy atom. The Labute approximate surface area is 129 Å². The Hall–Kier alpha value is -1.85. The molecule has 1 heterocycles. The lowest BCUT2D eigenvalue weighted by Crippen LogP contribution is -2.40. The zero-order valence-corrected chi connectivity index (χ0v) is 12.8. The van der Waals surface area contributed by atoms with Crippen LogP contribution in [0, 0.1) is 0 Å². The van der Waals surface area contributed by atoms with Crippen molar-refractivity contribution in [1.82, 2.24) is 15.1 Å². The number of aryl methyl sites for hydroxylation is 1. The van der Waals surface area contributed by atoms with Gasteiger partial charge in [0, 0.05) is 29.9 Å². The number of benzene rings is 1. The number of hydrogen-bond donors (Lipinski definition) is 2. The first-order valence-corrected chi connectivity index (χ1v) is 7.12. The molecule has 0 radical (unpaired) electrons. The smallest absolute Gasteiger partial charge is 0.241 e. The molecular formula is C15H19ClN4O. The molecule has 0 spiro atoms. The van der Waals surface area contributed by atoms with Crippen molar-refractivity contribution in [1.29, 1.82) is 0 Å². The number of carbonyl (C=O) groups excluding carboxylic acids is 1. The molecule has 21 heavy (non-hydrogen) atoms. The van der Waals surface area contributed by atoms with E-state index in [4.69, 9.17) is 17.3 Å². The van der Waals surface area contributed by atoms with E-state index in [1.54, 1.807) is 24.1 Å². The molecule has 0 aliphatic heterocycles. The Morgan fingerprint density at radius 2 is 2.29 bits per heavy atom. The lowest BCUT2D eigenvalue weighted by Gasteiger charge is -2.17. The van der Waals surface area contributed by atoms with Crippen LogP contribution >= 0.6 is 11.6 Å². The average Bonchev–Trinajstić information content (AvgIpc) is 2.84. The molecule has 0 bridgehead atoms. The van der Waals surface area contributed by atoms with E-state index in [1.807, 2.05) is 31.2 Å². The largest absolute Gasteiger partial charge is 0.352 e. The van der Waals surface area contributed by atoms with Crippen LogP contribution in [0.25, 0.3) is 0 Å². The molecule has 0 aliphatic carbocycles. The predicted molar refractivity (Wildman–Crippen MR) is 82.9 cm³/mol. The summed E-state index contributed by atoms with van der Waals surface area (Å²) in [4.78, 5) is 12.1. The first-order valence-electron chi connectivity index (χ1n) is 6.74. The van der Waals surface area contributed by atoms with Crippen molar-refractivity contribution in [2.24, 2.45) is 12.8 Å². The Kier molecular flexibility index (Phi) is 4.98. The minimum atomic E-state index is -0.708. The topological polar surface area (TPSA) is 72.9 Å². The number of amides is 1. The number of hydrogen-bond acceptors (Lipinski definition) is 3. The van der Waals surface area contributed by atoms with E-state index in [9.17, 15) is 4.79 Å². The molecule has 5 nitrogen and oxygen atoms in total. The molecule has 0 fully saturated rings. The Balaban J connectivity index is 1.92. The van der Waals surface area contributed by atoms with Gasteiger partial charge >= 0.3 is 0 Å². The Morgan fingerprint density at radius 3 is 2.90 bits per heavy atom. The van der Waals surface area contributed by atoms with Crippen LogP contribution in [0.5, 0.6) is 0 Å². The molecule has 2 rings (SSSR count). The highest BCUT2D eigenvalue weighted by Crippen LogP contribution is 2.13. The van der Waals surface area contributed by atoms with Gasteiger partial charge in [-0.15, -0.1) is 0 Å². The van der Waals surface area contributed by atoms with Gasteiger partial charge < -0.3 is 11.1 Å². The predicted octanol–water partition coefficient (Wildman–Crippen LogP) is 1.82. The van der Waals surface area contributed by atoms with Gasteiger partial charge in [0.2, 0.25) is 5.91 Å². The number of nitrogens with zero attached hydrogens (tertiary/aromatic N) is 2. The van der Waals surface area contributed by atoms with E-state index in [2.05, 4.69) is 10.4 Å². The van der Waals surface area contributed by atoms with Crippen molar-refractivity contribution in [3.63, 3.8) is 0 Å². The molecule has 3 N–H and O–H groups in total. The molecule has 6 heteroatoms. The molecule has 1 aromatic heterocycles. The summed E-state index contributed by atoms with van der Waals surface area (Å²) >= 11 is 5.95. The van der Waals surface area contributed by atoms with Crippen molar-refractivity contribution in [3.8, 4) is 0 Å². The van der Waals surface area contributed by atoms with Crippen LogP contribution in [0.1, 0.15) is 24.1 Å². The summed E-state index contributed by atoms with van der Waals surface area (Å²) in [6.07, 6.45) is 4.05. The fraction of sp³-hybridized carbons (Fsp3) is 0.333. The third-order valence-electron chi connectivity index (χ3n) is 3.19. The fourth-order valence-electron chi connectivity index (χ4n) is 2.15. The number of rotatable bonds is 5. The van der Waals surface area contributed by atoms with Crippen molar-refractivity contribution in [2.75, 3.05) is 0 Å². The van der Waals surface area contributed by atoms with Gasteiger partial charge in [0.15, 0.2) is 0 Å². The van der Waals surface area contributed by atoms with Gasteiger partial charge in [-0.2, -0.15) is 5.10 Å². The van der Waals surface area contributed by atoms with Crippen LogP contribution in [0.3, 0.4) is 0 Å². The lowest BCUT2D eigenvalue weighted by molar-refractivity contribution is -0.123. The minimum absolute atomic E-state index is 0.0290. The molecule has 2 atom stereocenters. The van der Waals surface area contributed by atoms with E-state index in [0.29, 0.717) is 17.0 Å². The molecule has 1 amide bonds. The van der Waals surface area contributed by atoms with Crippen LogP contribution in [0.4, 0.5) is 0 Å². The standard InChI is InChI=1S/C15H19ClN4O/c1-10(6-11-4-3-5-13(16)7-11)19-15(21)14(17)12-8-18-20(2)9-12/h3-5,7-10,14H,6,17H2,1-2H3,(H,19,21). The number of carbonyl (C=O) groups is 1. The first kappa shape index (κ1) is 15.5. The number of nitrogens with one attached hydrogen (secondary N) is 1. The molecular weight excluding hydrogens is 288 g/mol. The van der Waals surface area contributed by atoms with Gasteiger partial charge in [-0.1, -0.05) is 23.7 Å². The van der Waals surface area contributed by atoms with E-state index >= 15 is 0 Å². The third-order valence-corrected chi connectivity index (χ3v) is 3.42. The zero-order valence-electron chi connectivity index (χ0n) is 12.1. The summed E-state index contributed by atoms with van der Waals surface area (Å²) < 4.78 is 1.62. The number of halogens is 1. The highest BCUT2D eigenvalue weighted by atomic mass is 35.5. The molecule has 2 aromatic rings. The van der Waals surface area contributed by atoms with Crippen LogP contribution in [0.2, 0.25) is 5.02 Å². The maximum Gasteiger partial charge on any atom is 0.241 e. The minimum Gasteiger partial charge on any atom is -0.352 e. The van der Waals surface area contributed by atoms with Crippen molar-refractivity contribution < 1.29 is 4.79 Å². The van der Waals surface area contributed by atoms with E-state index in [0.717, 1.165) is 5.56 Å². The highest BCUT2D eigenvalue weighted by molar-refractivity contribution is 6.30. The van der Waals surface area contributed by atoms with Crippen molar-refractivity contribution >= 4 is 17.5 Å². The normalized spacial score (nSPS) is 13.7. The summed E-state index contributed by atoms with van der Waals surface area (Å²) in [5.74, 6) is -0.211. The van der Waals surface area contributed by atoms with Crippen molar-refractivity contribution in [2.45, 2.75) is 25.4 Å². The van der Waals surface area contributed by atoms with Gasteiger partial charge in [-0.3, -0.25) is 9.48 Å². The molecule has 0 aliphatic rings. The zero-order chi connectivity index (χ0) is 15.4. The molecule has 112 valence electrons. The average molecular weight is 307 g/mol. The monoisotopic (exact) mass is 306 g/mol. The maximum atomic E-state index is 12.1. The quantitative estimate of drug-likeness (QED) is 0.885. The van der Waals surface area contributed by atoms with Gasteiger partial charge in [0.05, 0.1) is 6.20 Å². The van der Waals surface area contributed by atoms with Crippen LogP contribution in [0.15, 0.2) is 36.7 Å². The van der Waals surface area contributed by atoms with Gasteiger partial charge in [-0.25, -0.2) is 0 Å². The van der Waals surface area contributed by atoms with Gasteiger partial charge in [0.25, 0.3) is 0 Å². The van der Waals surface area contributed by atoms with Gasteiger partial charge in [0.1, 0.15) is 6.04 Å². The fourth-order valence-corrected chi connectivity index (χ4v) is 2.37. The Bertz CT molecular complexity index is 626. The molecule has 1 aromatic carbocycles. The highest BCUT2D eigenvalue weighted by Gasteiger charge is 2.19. The van der Waals surface area contributed by atoms with Gasteiger partial charge in [-0.05, 0) is 31.0 Å². The number of nitrogens with two attached hydrogens (primary N) is 1. The molecule has 0 saturated carbocycles. The summed E-state index contributed by atoms with van der Waals surface area (Å²) in [5.41, 5.74) is 7.70. The maximum absolute atomic E-state index is 12.1. The van der Waals surface area contributed by atoms with E-state index in [-0.39, 0.29) is 11.9 Å². The van der Waals surface area contributed by atoms with Crippen LogP contribution in [-0.2, 0) is 18.3 Å². The summed E-state index contributed by atoms with van der Waals surface area (Å²) in [6, 6.07) is 6.86. The second kappa shape index (κ2) is 6.74. The molecule has 2 unspecified atom stereocenters. The number of aromatic nitrogens is 2. The summed E-state index contributed by atoms with van der Waals surface area (Å²) in [5, 5.41) is 7.62. The van der Waals surface area contributed by atoms with E-state index < -0.39 is 6.04 Å². The first-order chi connectivity index (χ1) is 9.95. The van der Waals surface area contributed by atoms with Crippen LogP contribution in [-0.4, -0.2) is 21.7 Å². The van der Waals surface area contributed by atoms with Crippen molar-refractivity contribution in [3.05, 3.63) is 52.8 Å². The summed E-state index contributed by atoms with van der Waals surface area (Å²) in [7, 11) is 1.79. The second-order valence-electron chi connectivity index (χ2n) is 5.17. The lowest BCUT2D eigenvalue weighted by atomic mass is 10.1. The molecule has 0 saturated heterocycles. The SMILES string of the molecule is CC(Cc1cccc(Cl)c1)NC(=O)C(N)c1cnn(C)c1. The second-order valence-corrected chi connectivity index (χ2v) is 5.61. The van der Waals surface area contributed by atoms with Crippen LogP contribution < -0.4 is 11.1 Å². The third kappa shape index (κ3) is 4.31.